The fourth-order valence-electron chi connectivity index (χ4n) is 1.67. The number of carboxylic acids is 1. The van der Waals surface area contributed by atoms with E-state index in [1.54, 1.807) is 57.2 Å². The zero-order chi connectivity index (χ0) is 16.1. The van der Waals surface area contributed by atoms with Crippen LogP contribution in [-0.4, -0.2) is 28.3 Å². The number of hydrogen-bond donors (Lipinski definition) is 2. The van der Waals surface area contributed by atoms with Gasteiger partial charge in [-0.25, -0.2) is 9.59 Å². The van der Waals surface area contributed by atoms with Crippen molar-refractivity contribution in [3.8, 4) is 6.07 Å². The number of ether oxygens (including phenoxy) is 1. The van der Waals surface area contributed by atoms with E-state index in [0.717, 1.165) is 0 Å². The molecule has 1 aromatic carbocycles. The van der Waals surface area contributed by atoms with Crippen molar-refractivity contribution < 1.29 is 19.4 Å². The first kappa shape index (κ1) is 16.5. The average molecular weight is 290 g/mol. The number of rotatable bonds is 4. The summed E-state index contributed by atoms with van der Waals surface area (Å²) in [5, 5.41) is 20.8. The molecule has 1 amide bonds. The predicted octanol–water partition coefficient (Wildman–Crippen LogP) is 2.10. The standard InChI is InChI=1S/C15H18N2O4/c1-14(2,3)21-13(20)17-15(10-16,12(18)19)9-11-7-5-4-6-8-11/h4-8H,9H2,1-3H3,(H,17,20)(H,18,19)/t15-/m1/s1. The summed E-state index contributed by atoms with van der Waals surface area (Å²) >= 11 is 0. The number of carboxylic acid groups (broad SMARTS) is 1. The number of carbonyl (C=O) groups excluding carboxylic acids is 1. The molecule has 1 rings (SSSR count). The van der Waals surface area contributed by atoms with Crippen LogP contribution in [0.4, 0.5) is 4.79 Å². The van der Waals surface area contributed by atoms with E-state index >= 15 is 0 Å². The summed E-state index contributed by atoms with van der Waals surface area (Å²) in [6, 6.07) is 10.3. The fraction of sp³-hybridized carbons (Fsp3) is 0.400. The molecule has 0 aliphatic heterocycles. The zero-order valence-corrected chi connectivity index (χ0v) is 12.2. The fourth-order valence-corrected chi connectivity index (χ4v) is 1.67. The van der Waals surface area contributed by atoms with Crippen molar-refractivity contribution in [2.75, 3.05) is 0 Å². The largest absolute Gasteiger partial charge is 0.479 e. The minimum absolute atomic E-state index is 0.154. The van der Waals surface area contributed by atoms with Gasteiger partial charge < -0.3 is 9.84 Å². The number of nitrogens with one attached hydrogen (secondary N) is 1. The van der Waals surface area contributed by atoms with Crippen molar-refractivity contribution in [3.05, 3.63) is 35.9 Å². The van der Waals surface area contributed by atoms with E-state index in [9.17, 15) is 20.0 Å². The molecule has 0 aliphatic carbocycles. The lowest BCUT2D eigenvalue weighted by molar-refractivity contribution is -0.142. The van der Waals surface area contributed by atoms with Gasteiger partial charge in [0.15, 0.2) is 0 Å². The van der Waals surface area contributed by atoms with Gasteiger partial charge in [-0.05, 0) is 26.3 Å². The van der Waals surface area contributed by atoms with Gasteiger partial charge in [-0.3, -0.25) is 5.32 Å². The van der Waals surface area contributed by atoms with E-state index in [2.05, 4.69) is 5.32 Å². The smallest absolute Gasteiger partial charge is 0.409 e. The van der Waals surface area contributed by atoms with E-state index in [1.165, 1.54) is 0 Å². The van der Waals surface area contributed by atoms with E-state index in [4.69, 9.17) is 4.74 Å². The maximum absolute atomic E-state index is 11.8. The molecule has 112 valence electrons. The number of hydrogen-bond acceptors (Lipinski definition) is 4. The lowest BCUT2D eigenvalue weighted by Crippen LogP contribution is -2.56. The number of nitriles is 1. The highest BCUT2D eigenvalue weighted by Crippen LogP contribution is 2.15. The van der Waals surface area contributed by atoms with Gasteiger partial charge in [0.05, 0.1) is 0 Å². The zero-order valence-electron chi connectivity index (χ0n) is 12.2. The highest BCUT2D eigenvalue weighted by Gasteiger charge is 2.42. The first-order valence-corrected chi connectivity index (χ1v) is 6.38. The number of amides is 1. The second kappa shape index (κ2) is 6.27. The van der Waals surface area contributed by atoms with E-state index in [1.807, 2.05) is 0 Å². The molecule has 0 aromatic heterocycles. The quantitative estimate of drug-likeness (QED) is 0.884. The predicted molar refractivity (Wildman–Crippen MR) is 75.5 cm³/mol. The minimum atomic E-state index is -2.07. The van der Waals surface area contributed by atoms with Gasteiger partial charge in [-0.2, -0.15) is 5.26 Å². The number of alkyl carbamates (subject to hydrolysis) is 1. The van der Waals surface area contributed by atoms with Crippen molar-refractivity contribution in [2.45, 2.75) is 38.3 Å². The molecule has 21 heavy (non-hydrogen) atoms. The van der Waals surface area contributed by atoms with Gasteiger partial charge in [-0.1, -0.05) is 30.3 Å². The van der Waals surface area contributed by atoms with Crippen LogP contribution in [-0.2, 0) is 16.0 Å². The van der Waals surface area contributed by atoms with Crippen molar-refractivity contribution in [2.24, 2.45) is 0 Å². The van der Waals surface area contributed by atoms with Gasteiger partial charge >= 0.3 is 12.1 Å². The van der Waals surface area contributed by atoms with Gasteiger partial charge in [-0.15, -0.1) is 0 Å². The third kappa shape index (κ3) is 4.80. The van der Waals surface area contributed by atoms with Crippen LogP contribution >= 0.6 is 0 Å². The van der Waals surface area contributed by atoms with Crippen LogP contribution in [0.3, 0.4) is 0 Å². The van der Waals surface area contributed by atoms with Gasteiger partial charge in [0.2, 0.25) is 5.54 Å². The van der Waals surface area contributed by atoms with Crippen molar-refractivity contribution in [1.29, 1.82) is 5.26 Å². The number of aliphatic carboxylic acids is 1. The number of carbonyl (C=O) groups is 2. The third-order valence-corrected chi connectivity index (χ3v) is 2.58. The number of nitrogens with zero attached hydrogens (tertiary/aromatic N) is 1. The normalized spacial score (nSPS) is 13.6. The van der Waals surface area contributed by atoms with Gasteiger partial charge in [0.25, 0.3) is 0 Å². The molecule has 0 radical (unpaired) electrons. The van der Waals surface area contributed by atoms with Crippen LogP contribution in [0, 0.1) is 11.3 Å². The summed E-state index contributed by atoms with van der Waals surface area (Å²) in [6.45, 7) is 4.95. The lowest BCUT2D eigenvalue weighted by Gasteiger charge is -2.26. The van der Waals surface area contributed by atoms with Crippen molar-refractivity contribution >= 4 is 12.1 Å². The second-order valence-electron chi connectivity index (χ2n) is 5.61. The second-order valence-corrected chi connectivity index (χ2v) is 5.61. The van der Waals surface area contributed by atoms with Gasteiger partial charge in [0, 0.05) is 6.42 Å². The Hall–Kier alpha value is -2.55. The molecule has 0 aliphatic rings. The summed E-state index contributed by atoms with van der Waals surface area (Å²) in [5.74, 6) is -1.43. The molecule has 0 fully saturated rings. The molecule has 0 spiro atoms. The minimum Gasteiger partial charge on any atom is -0.479 e. The Bertz CT molecular complexity index is 557. The van der Waals surface area contributed by atoms with Crippen LogP contribution in [0.15, 0.2) is 30.3 Å². The lowest BCUT2D eigenvalue weighted by atomic mass is 9.92. The van der Waals surface area contributed by atoms with Gasteiger partial charge in [0.1, 0.15) is 11.7 Å². The highest BCUT2D eigenvalue weighted by molar-refractivity contribution is 5.88. The topological polar surface area (TPSA) is 99.4 Å². The Morgan fingerprint density at radius 1 is 1.29 bits per heavy atom. The SMILES string of the molecule is CC(C)(C)OC(=O)N[C@@](C#N)(Cc1ccccc1)C(=O)O. The van der Waals surface area contributed by atoms with Crippen LogP contribution in [0.25, 0.3) is 0 Å². The van der Waals surface area contributed by atoms with Crippen LogP contribution < -0.4 is 5.32 Å². The summed E-state index contributed by atoms with van der Waals surface area (Å²) in [5.41, 5.74) is -2.22. The summed E-state index contributed by atoms with van der Waals surface area (Å²) in [4.78, 5) is 23.2. The summed E-state index contributed by atoms with van der Waals surface area (Å²) in [6.07, 6.45) is -1.10. The number of benzene rings is 1. The first-order chi connectivity index (χ1) is 9.68. The van der Waals surface area contributed by atoms with Crippen LogP contribution in [0.2, 0.25) is 0 Å². The molecule has 2 N–H and O–H groups in total. The molecule has 6 nitrogen and oxygen atoms in total. The third-order valence-electron chi connectivity index (χ3n) is 2.58. The van der Waals surface area contributed by atoms with Crippen LogP contribution in [0.5, 0.6) is 0 Å². The first-order valence-electron chi connectivity index (χ1n) is 6.38. The molecule has 0 bridgehead atoms. The molecule has 0 saturated heterocycles. The van der Waals surface area contributed by atoms with Crippen molar-refractivity contribution in [1.82, 2.24) is 5.32 Å². The summed E-state index contributed by atoms with van der Waals surface area (Å²) < 4.78 is 5.02. The Labute approximate surface area is 123 Å². The summed E-state index contributed by atoms with van der Waals surface area (Å²) in [7, 11) is 0. The molecule has 0 saturated carbocycles. The Balaban J connectivity index is 2.98. The van der Waals surface area contributed by atoms with E-state index in [-0.39, 0.29) is 6.42 Å². The molecule has 0 heterocycles. The highest BCUT2D eigenvalue weighted by atomic mass is 16.6. The van der Waals surface area contributed by atoms with Crippen LogP contribution in [0.1, 0.15) is 26.3 Å². The van der Waals surface area contributed by atoms with Crippen molar-refractivity contribution in [3.63, 3.8) is 0 Å². The maximum atomic E-state index is 11.8. The Kier molecular flexibility index (Phi) is 4.93. The molecule has 1 atom stereocenters. The Morgan fingerprint density at radius 2 is 1.86 bits per heavy atom. The maximum Gasteiger partial charge on any atom is 0.409 e. The molecular formula is C15H18N2O4. The molecule has 6 heteroatoms. The van der Waals surface area contributed by atoms with E-state index < -0.39 is 23.2 Å². The Morgan fingerprint density at radius 3 is 2.29 bits per heavy atom. The molecule has 0 unspecified atom stereocenters. The van der Waals surface area contributed by atoms with E-state index in [0.29, 0.717) is 5.56 Å². The molecule has 1 aromatic rings. The average Bonchev–Trinajstić information content (AvgIpc) is 2.36. The monoisotopic (exact) mass is 290 g/mol. The molecular weight excluding hydrogens is 272 g/mol.